The molecule has 1 aliphatic rings. The molecule has 6 heteroatoms. The highest BCUT2D eigenvalue weighted by Crippen LogP contribution is 2.22. The number of aromatic nitrogens is 3. The molecular weight excluding hydrogens is 350 g/mol. The van der Waals surface area contributed by atoms with E-state index in [-0.39, 0.29) is 0 Å². The topological polar surface area (TPSA) is 63.2 Å². The number of rotatable bonds is 6. The Bertz CT molecular complexity index is 877. The van der Waals surface area contributed by atoms with E-state index in [2.05, 4.69) is 44.5 Å². The molecule has 6 nitrogen and oxygen atoms in total. The van der Waals surface area contributed by atoms with Gasteiger partial charge in [0.25, 0.3) is 0 Å². The van der Waals surface area contributed by atoms with Crippen molar-refractivity contribution in [3.05, 3.63) is 66.4 Å². The maximum Gasteiger partial charge on any atom is 0.247 e. The lowest BCUT2D eigenvalue weighted by molar-refractivity contribution is 0.306. The normalized spacial score (nSPS) is 14.7. The third-order valence-corrected chi connectivity index (χ3v) is 4.99. The second-order valence-electron chi connectivity index (χ2n) is 7.23. The van der Waals surface area contributed by atoms with Crippen molar-refractivity contribution >= 4 is 17.5 Å². The summed E-state index contributed by atoms with van der Waals surface area (Å²) in [6.45, 7) is 4.82. The van der Waals surface area contributed by atoms with E-state index in [4.69, 9.17) is 4.74 Å². The maximum absolute atomic E-state index is 5.83. The van der Waals surface area contributed by atoms with Gasteiger partial charge in [0.05, 0.1) is 6.20 Å². The molecule has 0 bridgehead atoms. The van der Waals surface area contributed by atoms with Crippen molar-refractivity contribution in [2.24, 2.45) is 5.92 Å². The van der Waals surface area contributed by atoms with Crippen LogP contribution >= 0.6 is 0 Å². The third kappa shape index (κ3) is 4.76. The largest absolute Gasteiger partial charge is 0.489 e. The molecule has 0 aliphatic carbocycles. The Hall–Kier alpha value is -3.15. The van der Waals surface area contributed by atoms with Crippen LogP contribution in [0.4, 0.5) is 17.5 Å². The maximum atomic E-state index is 5.83. The average molecular weight is 375 g/mol. The van der Waals surface area contributed by atoms with Gasteiger partial charge in [0.15, 0.2) is 5.82 Å². The van der Waals surface area contributed by atoms with Crippen LogP contribution in [-0.4, -0.2) is 28.3 Å². The molecule has 4 rings (SSSR count). The van der Waals surface area contributed by atoms with E-state index < -0.39 is 0 Å². The van der Waals surface area contributed by atoms with Gasteiger partial charge in [-0.15, -0.1) is 5.10 Å². The first-order chi connectivity index (χ1) is 13.8. The van der Waals surface area contributed by atoms with Gasteiger partial charge in [-0.25, -0.2) is 0 Å². The molecule has 2 heterocycles. The molecule has 2 aromatic carbocycles. The Morgan fingerprint density at radius 1 is 1.04 bits per heavy atom. The highest BCUT2D eigenvalue weighted by molar-refractivity contribution is 5.57. The summed E-state index contributed by atoms with van der Waals surface area (Å²) in [7, 11) is 0. The zero-order chi connectivity index (χ0) is 19.2. The van der Waals surface area contributed by atoms with E-state index >= 15 is 0 Å². The fourth-order valence-corrected chi connectivity index (χ4v) is 3.22. The standard InChI is InChI=1S/C22H25N5O/c1-17-11-13-27(14-12-17)22-25-21(15-23-26-22)24-19-7-9-20(10-8-19)28-16-18-5-3-2-4-6-18/h2-10,15,17H,11-14,16H2,1H3,(H,24,25,26). The van der Waals surface area contributed by atoms with E-state index in [1.54, 1.807) is 6.20 Å². The quantitative estimate of drug-likeness (QED) is 0.688. The van der Waals surface area contributed by atoms with E-state index in [0.29, 0.717) is 18.4 Å². The van der Waals surface area contributed by atoms with Crippen LogP contribution in [0.5, 0.6) is 5.75 Å². The Kier molecular flexibility index (Phi) is 5.66. The number of hydrogen-bond acceptors (Lipinski definition) is 6. The Labute approximate surface area is 165 Å². The number of nitrogens with zero attached hydrogens (tertiary/aromatic N) is 4. The van der Waals surface area contributed by atoms with Crippen LogP contribution in [0.3, 0.4) is 0 Å². The summed E-state index contributed by atoms with van der Waals surface area (Å²) in [6, 6.07) is 18.0. The average Bonchev–Trinajstić information content (AvgIpc) is 2.75. The van der Waals surface area contributed by atoms with Crippen molar-refractivity contribution in [2.75, 3.05) is 23.3 Å². The Balaban J connectivity index is 1.36. The summed E-state index contributed by atoms with van der Waals surface area (Å²) in [5, 5.41) is 11.6. The van der Waals surface area contributed by atoms with Crippen LogP contribution in [0, 0.1) is 5.92 Å². The zero-order valence-corrected chi connectivity index (χ0v) is 16.1. The molecule has 28 heavy (non-hydrogen) atoms. The van der Waals surface area contributed by atoms with Gasteiger partial charge in [0.2, 0.25) is 5.95 Å². The van der Waals surface area contributed by atoms with E-state index in [0.717, 1.165) is 36.0 Å². The van der Waals surface area contributed by atoms with Gasteiger partial charge in [0, 0.05) is 18.8 Å². The molecule has 3 aromatic rings. The first kappa shape index (κ1) is 18.2. The molecule has 144 valence electrons. The van der Waals surface area contributed by atoms with E-state index in [9.17, 15) is 0 Å². The summed E-state index contributed by atoms with van der Waals surface area (Å²) < 4.78 is 5.83. The Morgan fingerprint density at radius 2 is 1.79 bits per heavy atom. The van der Waals surface area contributed by atoms with Crippen LogP contribution in [0.15, 0.2) is 60.8 Å². The third-order valence-electron chi connectivity index (χ3n) is 4.99. The smallest absolute Gasteiger partial charge is 0.247 e. The number of hydrogen-bond donors (Lipinski definition) is 1. The van der Waals surface area contributed by atoms with Crippen LogP contribution in [0.25, 0.3) is 0 Å². The second-order valence-corrected chi connectivity index (χ2v) is 7.23. The van der Waals surface area contributed by atoms with Gasteiger partial charge in [-0.05, 0) is 48.6 Å². The first-order valence-electron chi connectivity index (χ1n) is 9.75. The predicted molar refractivity (Wildman–Crippen MR) is 111 cm³/mol. The summed E-state index contributed by atoms with van der Waals surface area (Å²) >= 11 is 0. The molecule has 0 radical (unpaired) electrons. The van der Waals surface area contributed by atoms with Gasteiger partial charge in [-0.3, -0.25) is 0 Å². The summed E-state index contributed by atoms with van der Waals surface area (Å²) in [5.74, 6) is 2.99. The monoisotopic (exact) mass is 375 g/mol. The lowest BCUT2D eigenvalue weighted by Gasteiger charge is -2.29. The number of benzene rings is 2. The van der Waals surface area contributed by atoms with Crippen LogP contribution in [0.2, 0.25) is 0 Å². The van der Waals surface area contributed by atoms with Gasteiger partial charge in [-0.2, -0.15) is 10.1 Å². The van der Waals surface area contributed by atoms with E-state index in [1.165, 1.54) is 12.8 Å². The first-order valence-corrected chi connectivity index (χ1v) is 9.75. The van der Waals surface area contributed by atoms with Gasteiger partial charge in [0.1, 0.15) is 12.4 Å². The van der Waals surface area contributed by atoms with Crippen LogP contribution in [-0.2, 0) is 6.61 Å². The van der Waals surface area contributed by atoms with Crippen molar-refractivity contribution < 1.29 is 4.74 Å². The van der Waals surface area contributed by atoms with Crippen molar-refractivity contribution in [2.45, 2.75) is 26.4 Å². The highest BCUT2D eigenvalue weighted by Gasteiger charge is 2.18. The fourth-order valence-electron chi connectivity index (χ4n) is 3.22. The van der Waals surface area contributed by atoms with Crippen LogP contribution in [0.1, 0.15) is 25.3 Å². The predicted octanol–water partition coefficient (Wildman–Crippen LogP) is 4.43. The highest BCUT2D eigenvalue weighted by atomic mass is 16.5. The molecule has 0 amide bonds. The summed E-state index contributed by atoms with van der Waals surface area (Å²) in [6.07, 6.45) is 3.99. The lowest BCUT2D eigenvalue weighted by atomic mass is 10.00. The molecule has 0 saturated carbocycles. The molecule has 0 unspecified atom stereocenters. The van der Waals surface area contributed by atoms with Crippen molar-refractivity contribution in [1.82, 2.24) is 15.2 Å². The molecule has 1 aliphatic heterocycles. The SMILES string of the molecule is CC1CCN(c2nncc(Nc3ccc(OCc4ccccc4)cc3)n2)CC1. The van der Waals surface area contributed by atoms with Gasteiger partial charge in [-0.1, -0.05) is 37.3 Å². The minimum absolute atomic E-state index is 0.557. The molecule has 1 fully saturated rings. The van der Waals surface area contributed by atoms with Crippen LogP contribution < -0.4 is 15.0 Å². The summed E-state index contributed by atoms with van der Waals surface area (Å²) in [4.78, 5) is 6.83. The molecule has 0 spiro atoms. The lowest BCUT2D eigenvalue weighted by Crippen LogP contribution is -2.34. The Morgan fingerprint density at radius 3 is 2.54 bits per heavy atom. The number of ether oxygens (including phenoxy) is 1. The minimum atomic E-state index is 0.557. The van der Waals surface area contributed by atoms with Crippen molar-refractivity contribution in [1.29, 1.82) is 0 Å². The number of anilines is 3. The zero-order valence-electron chi connectivity index (χ0n) is 16.1. The molecular formula is C22H25N5O. The van der Waals surface area contributed by atoms with E-state index in [1.807, 2.05) is 42.5 Å². The minimum Gasteiger partial charge on any atom is -0.489 e. The second kappa shape index (κ2) is 8.69. The summed E-state index contributed by atoms with van der Waals surface area (Å²) in [5.41, 5.74) is 2.09. The fraction of sp³-hybridized carbons (Fsp3) is 0.318. The molecule has 1 aromatic heterocycles. The number of piperidine rings is 1. The van der Waals surface area contributed by atoms with Gasteiger partial charge >= 0.3 is 0 Å². The van der Waals surface area contributed by atoms with Gasteiger partial charge < -0.3 is 15.0 Å². The number of nitrogens with one attached hydrogen (secondary N) is 1. The molecule has 1 saturated heterocycles. The van der Waals surface area contributed by atoms with Crippen molar-refractivity contribution in [3.63, 3.8) is 0 Å². The molecule has 0 atom stereocenters. The van der Waals surface area contributed by atoms with Crippen molar-refractivity contribution in [3.8, 4) is 5.75 Å². The molecule has 1 N–H and O–H groups in total.